The van der Waals surface area contributed by atoms with Gasteiger partial charge in [-0.2, -0.15) is 0 Å². The van der Waals surface area contributed by atoms with E-state index in [1.165, 1.54) is 24.1 Å². The Hall–Kier alpha value is -4.62. The fourth-order valence-electron chi connectivity index (χ4n) is 4.71. The van der Waals surface area contributed by atoms with E-state index in [1.807, 2.05) is 37.3 Å². The number of amides is 1. The predicted molar refractivity (Wildman–Crippen MR) is 151 cm³/mol. The molecule has 5 rings (SSSR count). The highest BCUT2D eigenvalue weighted by Crippen LogP contribution is 2.43. The number of aliphatic hydroxyl groups is 1. The predicted octanol–water partition coefficient (Wildman–Crippen LogP) is 7.00. The first kappa shape index (κ1) is 27.0. The van der Waals surface area contributed by atoms with Gasteiger partial charge in [0.25, 0.3) is 11.7 Å². The van der Waals surface area contributed by atoms with Gasteiger partial charge in [0.15, 0.2) is 0 Å². The van der Waals surface area contributed by atoms with Crippen molar-refractivity contribution in [3.05, 3.63) is 130 Å². The molecule has 4 aromatic carbocycles. The van der Waals surface area contributed by atoms with Crippen LogP contribution in [-0.2, 0) is 16.2 Å². The van der Waals surface area contributed by atoms with E-state index in [0.717, 1.165) is 17.2 Å². The highest BCUT2D eigenvalue weighted by atomic mass is 35.5. The lowest BCUT2D eigenvalue weighted by atomic mass is 9.94. The van der Waals surface area contributed by atoms with E-state index in [2.05, 4.69) is 0 Å². The van der Waals surface area contributed by atoms with Gasteiger partial charge in [-0.25, -0.2) is 4.39 Å². The lowest BCUT2D eigenvalue weighted by Gasteiger charge is -2.26. The van der Waals surface area contributed by atoms with E-state index in [4.69, 9.17) is 21.1 Å². The third kappa shape index (κ3) is 5.16. The molecular formula is C32H25ClFNO5. The molecule has 1 unspecified atom stereocenters. The van der Waals surface area contributed by atoms with E-state index in [0.29, 0.717) is 29.2 Å². The lowest BCUT2D eigenvalue weighted by Crippen LogP contribution is -2.29. The third-order valence-electron chi connectivity index (χ3n) is 6.72. The number of aliphatic hydroxyl groups excluding tert-OH is 1. The maximum atomic E-state index is 13.9. The first-order valence-electron chi connectivity index (χ1n) is 12.5. The van der Waals surface area contributed by atoms with Gasteiger partial charge in [0, 0.05) is 11.3 Å². The van der Waals surface area contributed by atoms with Crippen molar-refractivity contribution >= 4 is 34.7 Å². The number of Topliss-reactive ketones (excluding diaryl/α,β-unsaturated/α-hetero) is 1. The molecule has 0 radical (unpaired) electrons. The van der Waals surface area contributed by atoms with Gasteiger partial charge >= 0.3 is 0 Å². The van der Waals surface area contributed by atoms with Gasteiger partial charge in [-0.1, -0.05) is 54.1 Å². The van der Waals surface area contributed by atoms with Crippen molar-refractivity contribution in [2.75, 3.05) is 12.0 Å². The molecule has 0 aromatic heterocycles. The molecule has 0 saturated carbocycles. The van der Waals surface area contributed by atoms with Crippen LogP contribution in [0.5, 0.6) is 11.5 Å². The minimum atomic E-state index is -1.02. The zero-order valence-corrected chi connectivity index (χ0v) is 22.5. The van der Waals surface area contributed by atoms with Crippen LogP contribution in [-0.4, -0.2) is 23.9 Å². The first-order valence-corrected chi connectivity index (χ1v) is 12.8. The normalized spacial score (nSPS) is 16.3. The Kier molecular flexibility index (Phi) is 7.58. The molecule has 0 bridgehead atoms. The Morgan fingerprint density at radius 1 is 0.975 bits per heavy atom. The molecule has 1 heterocycles. The highest BCUT2D eigenvalue weighted by molar-refractivity contribution is 6.51. The minimum absolute atomic E-state index is 0.115. The van der Waals surface area contributed by atoms with Crippen LogP contribution in [0.15, 0.2) is 96.6 Å². The molecule has 202 valence electrons. The first-order chi connectivity index (χ1) is 19.3. The van der Waals surface area contributed by atoms with Gasteiger partial charge in [0.1, 0.15) is 29.7 Å². The van der Waals surface area contributed by atoms with Gasteiger partial charge in [0.2, 0.25) is 0 Å². The Balaban J connectivity index is 1.58. The fourth-order valence-corrected chi connectivity index (χ4v) is 4.88. The van der Waals surface area contributed by atoms with Crippen molar-refractivity contribution in [3.8, 4) is 11.5 Å². The number of benzene rings is 4. The number of nitrogens with zero attached hydrogens (tertiary/aromatic N) is 1. The average molecular weight is 558 g/mol. The second-order valence-electron chi connectivity index (χ2n) is 9.30. The van der Waals surface area contributed by atoms with Gasteiger partial charge in [-0.05, 0) is 72.1 Å². The van der Waals surface area contributed by atoms with Crippen LogP contribution in [0, 0.1) is 12.7 Å². The minimum Gasteiger partial charge on any atom is -0.507 e. The SMILES string of the molecule is COc1cccc(C2/C(=C(\O)c3ccc(OCc4ccccc4)c(C)c3)C(=O)C(=O)N2c2ccc(F)c(Cl)c2)c1. The summed E-state index contributed by atoms with van der Waals surface area (Å²) in [5.74, 6) is -1.66. The summed E-state index contributed by atoms with van der Waals surface area (Å²) in [5.41, 5.74) is 2.69. The molecule has 1 aliphatic rings. The van der Waals surface area contributed by atoms with E-state index in [9.17, 15) is 19.1 Å². The second kappa shape index (κ2) is 11.2. The van der Waals surface area contributed by atoms with Crippen LogP contribution in [0.1, 0.15) is 28.3 Å². The summed E-state index contributed by atoms with van der Waals surface area (Å²) in [4.78, 5) is 28.0. The van der Waals surface area contributed by atoms with Gasteiger partial charge in [0.05, 0.1) is 23.7 Å². The number of ether oxygens (including phenoxy) is 2. The van der Waals surface area contributed by atoms with E-state index in [1.54, 1.807) is 42.5 Å². The molecular weight excluding hydrogens is 533 g/mol. The van der Waals surface area contributed by atoms with Gasteiger partial charge < -0.3 is 14.6 Å². The van der Waals surface area contributed by atoms with Crippen LogP contribution in [0.4, 0.5) is 10.1 Å². The highest BCUT2D eigenvalue weighted by Gasteiger charge is 2.47. The molecule has 1 N–H and O–H groups in total. The number of carbonyl (C=O) groups is 2. The smallest absolute Gasteiger partial charge is 0.300 e. The van der Waals surface area contributed by atoms with Crippen LogP contribution in [0.2, 0.25) is 5.02 Å². The van der Waals surface area contributed by atoms with Crippen molar-refractivity contribution < 1.29 is 28.6 Å². The Morgan fingerprint density at radius 3 is 2.45 bits per heavy atom. The summed E-state index contributed by atoms with van der Waals surface area (Å²) < 4.78 is 25.3. The van der Waals surface area contributed by atoms with Crippen LogP contribution >= 0.6 is 11.6 Å². The molecule has 8 heteroatoms. The largest absolute Gasteiger partial charge is 0.507 e. The third-order valence-corrected chi connectivity index (χ3v) is 7.01. The molecule has 6 nitrogen and oxygen atoms in total. The van der Waals surface area contributed by atoms with Crippen LogP contribution < -0.4 is 14.4 Å². The Bertz CT molecular complexity index is 1640. The van der Waals surface area contributed by atoms with Crippen molar-refractivity contribution in [1.82, 2.24) is 0 Å². The van der Waals surface area contributed by atoms with E-state index < -0.39 is 23.5 Å². The summed E-state index contributed by atoms with van der Waals surface area (Å²) >= 11 is 6.02. The zero-order chi connectivity index (χ0) is 28.4. The van der Waals surface area contributed by atoms with Crippen molar-refractivity contribution in [1.29, 1.82) is 0 Å². The topological polar surface area (TPSA) is 76.1 Å². The number of anilines is 1. The number of halogens is 2. The number of aryl methyl sites for hydroxylation is 1. The monoisotopic (exact) mass is 557 g/mol. The fraction of sp³-hybridized carbons (Fsp3) is 0.125. The second-order valence-corrected chi connectivity index (χ2v) is 9.71. The number of rotatable bonds is 7. The van der Waals surface area contributed by atoms with Gasteiger partial charge in [-0.15, -0.1) is 0 Å². The molecule has 0 aliphatic carbocycles. The molecule has 1 amide bonds. The maximum absolute atomic E-state index is 13.9. The van der Waals surface area contributed by atoms with Crippen molar-refractivity contribution in [2.45, 2.75) is 19.6 Å². The summed E-state index contributed by atoms with van der Waals surface area (Å²) in [5, 5.41) is 11.3. The average Bonchev–Trinajstić information content (AvgIpc) is 3.24. The van der Waals surface area contributed by atoms with E-state index >= 15 is 0 Å². The number of ketones is 1. The van der Waals surface area contributed by atoms with Crippen LogP contribution in [0.3, 0.4) is 0 Å². The summed E-state index contributed by atoms with van der Waals surface area (Å²) in [6.45, 7) is 2.20. The molecule has 1 atom stereocenters. The Labute approximate surface area is 235 Å². The quantitative estimate of drug-likeness (QED) is 0.150. The van der Waals surface area contributed by atoms with Crippen LogP contribution in [0.25, 0.3) is 5.76 Å². The summed E-state index contributed by atoms with van der Waals surface area (Å²) in [6.07, 6.45) is 0. The maximum Gasteiger partial charge on any atom is 0.300 e. The molecule has 4 aromatic rings. The lowest BCUT2D eigenvalue weighted by molar-refractivity contribution is -0.132. The Morgan fingerprint density at radius 2 is 1.75 bits per heavy atom. The molecule has 1 aliphatic heterocycles. The summed E-state index contributed by atoms with van der Waals surface area (Å²) in [7, 11) is 1.50. The number of methoxy groups -OCH3 is 1. The number of hydrogen-bond donors (Lipinski definition) is 1. The summed E-state index contributed by atoms with van der Waals surface area (Å²) in [6, 6.07) is 24.3. The zero-order valence-electron chi connectivity index (χ0n) is 21.7. The van der Waals surface area contributed by atoms with Crippen molar-refractivity contribution in [3.63, 3.8) is 0 Å². The standard InChI is InChI=1S/C32H25ClFNO5/c1-19-15-22(11-14-27(19)40-18-20-7-4-3-5-8-20)30(36)28-29(21-9-6-10-24(16-21)39-2)35(32(38)31(28)37)23-12-13-26(34)25(33)17-23/h3-17,29,36H,18H2,1-2H3/b30-28+. The van der Waals surface area contributed by atoms with Crippen molar-refractivity contribution in [2.24, 2.45) is 0 Å². The molecule has 1 fully saturated rings. The number of carbonyl (C=O) groups excluding carboxylic acids is 2. The molecule has 1 saturated heterocycles. The van der Waals surface area contributed by atoms with Gasteiger partial charge in [-0.3, -0.25) is 14.5 Å². The molecule has 40 heavy (non-hydrogen) atoms. The van der Waals surface area contributed by atoms with E-state index in [-0.39, 0.29) is 22.0 Å². The molecule has 0 spiro atoms. The number of hydrogen-bond acceptors (Lipinski definition) is 5.